The second-order valence-electron chi connectivity index (χ2n) is 7.75. The van der Waals surface area contributed by atoms with Crippen molar-refractivity contribution >= 4 is 38.7 Å². The minimum absolute atomic E-state index is 0. The molecule has 0 aliphatic carbocycles. The number of thiazole rings is 1. The molecule has 1 amide bonds. The fourth-order valence-corrected chi connectivity index (χ4v) is 4.30. The molecule has 2 aromatic carbocycles. The molecule has 2 heterocycles. The maximum atomic E-state index is 11.3. The molecule has 1 aliphatic rings. The Balaban J connectivity index is 0.000000363. The molecule has 0 radical (unpaired) electrons. The highest BCUT2D eigenvalue weighted by atomic mass is 32.1. The number of benzene rings is 2. The number of aromatic nitrogens is 1. The second kappa shape index (κ2) is 16.4. The van der Waals surface area contributed by atoms with Gasteiger partial charge in [0.05, 0.1) is 6.54 Å². The van der Waals surface area contributed by atoms with Gasteiger partial charge in [0.25, 0.3) is 0 Å². The first-order valence-corrected chi connectivity index (χ1v) is 12.6. The number of anilines is 1. The van der Waals surface area contributed by atoms with Gasteiger partial charge in [0.1, 0.15) is 11.7 Å². The Bertz CT molecular complexity index is 1130. The van der Waals surface area contributed by atoms with Crippen LogP contribution in [0.4, 0.5) is 5.69 Å². The van der Waals surface area contributed by atoms with E-state index in [1.807, 2.05) is 19.9 Å². The van der Waals surface area contributed by atoms with Crippen molar-refractivity contribution < 1.29 is 15.1 Å². The van der Waals surface area contributed by atoms with Crippen LogP contribution in [0.1, 0.15) is 39.7 Å². The van der Waals surface area contributed by atoms with Crippen LogP contribution in [0.25, 0.3) is 15.8 Å². The highest BCUT2D eigenvalue weighted by Gasteiger charge is 2.15. The minimum atomic E-state index is 0. The first-order chi connectivity index (χ1) is 16.5. The molecule has 0 atom stereocenters. The van der Waals surface area contributed by atoms with Gasteiger partial charge in [-0.1, -0.05) is 67.3 Å². The highest BCUT2D eigenvalue weighted by molar-refractivity contribution is 7.16. The molecule has 0 bridgehead atoms. The number of allylic oxidation sites excluding steroid dienone is 5. The van der Waals surface area contributed by atoms with Crippen LogP contribution in [0.15, 0.2) is 84.5 Å². The monoisotopic (exact) mass is 494 g/mol. The van der Waals surface area contributed by atoms with Crippen molar-refractivity contribution in [2.75, 3.05) is 25.0 Å². The molecular formula is C29H42N4OS+2. The fourth-order valence-electron chi connectivity index (χ4n) is 3.42. The molecule has 6 heteroatoms. The third kappa shape index (κ3) is 9.15. The van der Waals surface area contributed by atoms with Gasteiger partial charge in [-0.25, -0.2) is 0 Å². The Labute approximate surface area is 215 Å². The Morgan fingerprint density at radius 3 is 2.54 bits per heavy atom. The molecule has 0 saturated carbocycles. The van der Waals surface area contributed by atoms with Crippen LogP contribution < -0.4 is 20.5 Å². The summed E-state index contributed by atoms with van der Waals surface area (Å²) < 4.78 is 3.49. The largest absolute Gasteiger partial charge is 0.359 e. The highest BCUT2D eigenvalue weighted by Crippen LogP contribution is 2.32. The standard InChI is InChI=1S/C18H22N2O.C8H8NS.C2H7N.CH4/c1-3-4-8-15-12-14-20(13-7-11-18(21)19-2)17-10-6-5-9-16(15)17;1-9-6-10-8-5-3-2-4-7(8)9;1-2-3;/h3-6,8-10,12,14H,7,11,13H2,1-2H3,(H,19,21);2-6H,1H3;2-3H2,1H3;1H4/q;+1;;/p+1/b4-3+,15-8+;;;. The minimum Gasteiger partial charge on any atom is -0.359 e. The molecule has 4 N–H and O–H groups in total. The quantitative estimate of drug-likeness (QED) is 0.484. The summed E-state index contributed by atoms with van der Waals surface area (Å²) in [7, 11) is 3.75. The van der Waals surface area contributed by atoms with Gasteiger partial charge in [-0.3, -0.25) is 4.79 Å². The number of nitrogens with zero attached hydrogens (tertiary/aromatic N) is 2. The van der Waals surface area contributed by atoms with E-state index in [9.17, 15) is 4.79 Å². The summed E-state index contributed by atoms with van der Waals surface area (Å²) in [6, 6.07) is 16.8. The summed E-state index contributed by atoms with van der Waals surface area (Å²) in [5.74, 6) is 0.0953. The first-order valence-electron chi connectivity index (χ1n) is 11.7. The number of hydrogen-bond acceptors (Lipinski definition) is 3. The summed E-state index contributed by atoms with van der Waals surface area (Å²) >= 11 is 1.78. The van der Waals surface area contributed by atoms with Gasteiger partial charge in [0, 0.05) is 43.5 Å². The van der Waals surface area contributed by atoms with Crippen molar-refractivity contribution in [2.45, 2.75) is 34.1 Å². The summed E-state index contributed by atoms with van der Waals surface area (Å²) in [4.78, 5) is 13.5. The number of carbonyl (C=O) groups is 1. The van der Waals surface area contributed by atoms with E-state index in [4.69, 9.17) is 0 Å². The van der Waals surface area contributed by atoms with E-state index in [1.165, 1.54) is 27.0 Å². The van der Waals surface area contributed by atoms with Gasteiger partial charge in [-0.15, -0.1) is 0 Å². The van der Waals surface area contributed by atoms with Crippen molar-refractivity contribution in [1.29, 1.82) is 0 Å². The number of nitrogens with one attached hydrogen (secondary N) is 1. The Hall–Kier alpha value is -3.22. The Morgan fingerprint density at radius 1 is 1.17 bits per heavy atom. The van der Waals surface area contributed by atoms with E-state index in [0.717, 1.165) is 19.5 Å². The van der Waals surface area contributed by atoms with Crippen molar-refractivity contribution in [3.05, 3.63) is 90.1 Å². The van der Waals surface area contributed by atoms with E-state index in [-0.39, 0.29) is 13.3 Å². The summed E-state index contributed by atoms with van der Waals surface area (Å²) in [5.41, 5.74) is 10.6. The van der Waals surface area contributed by atoms with Crippen molar-refractivity contribution in [3.8, 4) is 0 Å². The van der Waals surface area contributed by atoms with Gasteiger partial charge < -0.3 is 16.0 Å². The van der Waals surface area contributed by atoms with Crippen LogP contribution in [0.2, 0.25) is 0 Å². The second-order valence-corrected chi connectivity index (χ2v) is 8.64. The average Bonchev–Trinajstić information content (AvgIpc) is 3.25. The lowest BCUT2D eigenvalue weighted by Crippen LogP contribution is -2.48. The van der Waals surface area contributed by atoms with Gasteiger partial charge in [-0.05, 0) is 44.1 Å². The molecule has 0 saturated heterocycles. The molecule has 1 aromatic heterocycles. The van der Waals surface area contributed by atoms with Crippen LogP contribution in [-0.2, 0) is 11.8 Å². The molecule has 0 spiro atoms. The Kier molecular flexibility index (Phi) is 14.0. The van der Waals surface area contributed by atoms with E-state index in [0.29, 0.717) is 6.42 Å². The maximum Gasteiger partial charge on any atom is 0.225 e. The average molecular weight is 495 g/mol. The normalized spacial score (nSPS) is 12.8. The summed E-state index contributed by atoms with van der Waals surface area (Å²) in [6.07, 6.45) is 11.8. The Morgan fingerprint density at radius 2 is 1.86 bits per heavy atom. The smallest absolute Gasteiger partial charge is 0.225 e. The van der Waals surface area contributed by atoms with E-state index >= 15 is 0 Å². The number of quaternary nitrogens is 1. The van der Waals surface area contributed by atoms with Gasteiger partial charge >= 0.3 is 0 Å². The van der Waals surface area contributed by atoms with Crippen LogP contribution >= 0.6 is 11.3 Å². The summed E-state index contributed by atoms with van der Waals surface area (Å²) in [5, 5.41) is 2.66. The number of hydrogen-bond donors (Lipinski definition) is 2. The molecule has 4 rings (SSSR count). The molecule has 35 heavy (non-hydrogen) atoms. The predicted molar refractivity (Wildman–Crippen MR) is 152 cm³/mol. The molecule has 1 aliphatic heterocycles. The van der Waals surface area contributed by atoms with Crippen molar-refractivity contribution in [1.82, 2.24) is 5.32 Å². The van der Waals surface area contributed by atoms with Crippen LogP contribution in [0.5, 0.6) is 0 Å². The molecule has 3 aromatic rings. The number of fused-ring (bicyclic) bond motifs is 2. The number of carbonyl (C=O) groups excluding carboxylic acids is 1. The first kappa shape index (κ1) is 29.8. The van der Waals surface area contributed by atoms with Crippen LogP contribution in [0, 0.1) is 0 Å². The lowest BCUT2D eigenvalue weighted by Gasteiger charge is -2.27. The van der Waals surface area contributed by atoms with Crippen LogP contribution in [0.3, 0.4) is 0 Å². The topological polar surface area (TPSA) is 63.9 Å². The molecular weight excluding hydrogens is 452 g/mol. The third-order valence-electron chi connectivity index (χ3n) is 5.09. The molecule has 188 valence electrons. The van der Waals surface area contributed by atoms with Crippen molar-refractivity contribution in [2.24, 2.45) is 7.05 Å². The number of para-hydroxylation sites is 2. The zero-order valence-corrected chi connectivity index (χ0v) is 21.6. The third-order valence-corrected chi connectivity index (χ3v) is 6.11. The molecule has 0 fully saturated rings. The zero-order chi connectivity index (χ0) is 24.8. The van der Waals surface area contributed by atoms with E-state index < -0.39 is 0 Å². The molecule has 5 nitrogen and oxygen atoms in total. The maximum absolute atomic E-state index is 11.3. The SMILES string of the molecule is C.C/C=C/C=C1\C=CN(CCCC(=O)NC)c2ccccc21.CC[NH3+].C[n+]1csc2ccccc21. The number of amides is 1. The van der Waals surface area contributed by atoms with Gasteiger partial charge in [0.15, 0.2) is 0 Å². The van der Waals surface area contributed by atoms with Gasteiger partial charge in [0.2, 0.25) is 16.9 Å². The van der Waals surface area contributed by atoms with Crippen molar-refractivity contribution in [3.63, 3.8) is 0 Å². The van der Waals surface area contributed by atoms with Gasteiger partial charge in [-0.2, -0.15) is 4.57 Å². The predicted octanol–water partition coefficient (Wildman–Crippen LogP) is 5.12. The van der Waals surface area contributed by atoms with E-state index in [1.54, 1.807) is 18.4 Å². The molecule has 0 unspecified atom stereocenters. The zero-order valence-electron chi connectivity index (χ0n) is 20.8. The number of rotatable bonds is 5. The lowest BCUT2D eigenvalue weighted by atomic mass is 9.99. The lowest BCUT2D eigenvalue weighted by molar-refractivity contribution is -0.640. The fraction of sp³-hybridized carbons (Fsp3) is 0.310. The number of aryl methyl sites for hydroxylation is 1. The van der Waals surface area contributed by atoms with Crippen LogP contribution in [-0.4, -0.2) is 26.0 Å². The summed E-state index contributed by atoms with van der Waals surface area (Å²) in [6.45, 7) is 5.87. The van der Waals surface area contributed by atoms with E-state index in [2.05, 4.69) is 106 Å².